The van der Waals surface area contributed by atoms with E-state index in [2.05, 4.69) is 10.4 Å². The molecule has 3 rings (SSSR count). The first kappa shape index (κ1) is 16.2. The number of hydrogen-bond acceptors (Lipinski definition) is 4. The van der Waals surface area contributed by atoms with Crippen molar-refractivity contribution in [2.75, 3.05) is 11.9 Å². The van der Waals surface area contributed by atoms with Gasteiger partial charge in [0.05, 0.1) is 24.0 Å². The lowest BCUT2D eigenvalue weighted by atomic mass is 10.0. The molecule has 1 heterocycles. The average molecular weight is 324 g/mol. The number of nitrogens with zero attached hydrogens (tertiary/aromatic N) is 2. The topological polar surface area (TPSA) is 93.2 Å². The van der Waals surface area contributed by atoms with Crippen molar-refractivity contribution in [1.29, 1.82) is 0 Å². The largest absolute Gasteiger partial charge is 0.394 e. The third-order valence-electron chi connectivity index (χ3n) is 3.92. The van der Waals surface area contributed by atoms with Crippen LogP contribution >= 0.6 is 0 Å². The summed E-state index contributed by atoms with van der Waals surface area (Å²) in [4.78, 5) is 12.1. The van der Waals surface area contributed by atoms with Crippen LogP contribution in [-0.4, -0.2) is 32.9 Å². The fraction of sp³-hybridized carbons (Fsp3) is 0.222. The van der Waals surface area contributed by atoms with Crippen molar-refractivity contribution in [2.24, 2.45) is 5.73 Å². The predicted octanol–water partition coefficient (Wildman–Crippen LogP) is 1.98. The molecule has 1 atom stereocenters. The number of hydrogen-bond donors (Lipinski definition) is 3. The van der Waals surface area contributed by atoms with Crippen LogP contribution in [0.2, 0.25) is 0 Å². The minimum absolute atomic E-state index is 0.428. The Bertz CT molecular complexity index is 899. The third-order valence-corrected chi connectivity index (χ3v) is 3.92. The van der Waals surface area contributed by atoms with Crippen LogP contribution in [0.3, 0.4) is 0 Å². The Morgan fingerprint density at radius 2 is 2.12 bits per heavy atom. The number of amides is 1. The standard InChI is InChI=1S/C18H20N4O2/c1-12-4-3-5-15(8-12)22-16-9-14(7-6-13(16)10-20-22)21-17(24)18(2,19)11-23/h3-10,23H,11,19H2,1-2H3,(H,21,24). The molecular formula is C18H20N4O2. The van der Waals surface area contributed by atoms with E-state index in [1.807, 2.05) is 48.0 Å². The number of aryl methyl sites for hydroxylation is 1. The summed E-state index contributed by atoms with van der Waals surface area (Å²) < 4.78 is 1.83. The van der Waals surface area contributed by atoms with Gasteiger partial charge < -0.3 is 16.2 Å². The van der Waals surface area contributed by atoms with Crippen molar-refractivity contribution in [3.05, 3.63) is 54.2 Å². The molecule has 4 N–H and O–H groups in total. The Morgan fingerprint density at radius 1 is 1.33 bits per heavy atom. The number of carbonyl (C=O) groups excluding carboxylic acids is 1. The molecule has 0 spiro atoms. The maximum atomic E-state index is 12.1. The molecule has 0 aliphatic rings. The van der Waals surface area contributed by atoms with E-state index in [-0.39, 0.29) is 0 Å². The average Bonchev–Trinajstić information content (AvgIpc) is 2.98. The second-order valence-electron chi connectivity index (χ2n) is 6.20. The van der Waals surface area contributed by atoms with Gasteiger partial charge in [-0.05, 0) is 49.7 Å². The van der Waals surface area contributed by atoms with Gasteiger partial charge in [-0.1, -0.05) is 12.1 Å². The lowest BCUT2D eigenvalue weighted by Crippen LogP contribution is -2.51. The maximum absolute atomic E-state index is 12.1. The normalized spacial score (nSPS) is 13.7. The number of fused-ring (bicyclic) bond motifs is 1. The number of aliphatic hydroxyl groups is 1. The summed E-state index contributed by atoms with van der Waals surface area (Å²) in [5.41, 5.74) is 8.00. The fourth-order valence-electron chi connectivity index (χ4n) is 2.41. The van der Waals surface area contributed by atoms with E-state index in [4.69, 9.17) is 5.73 Å². The van der Waals surface area contributed by atoms with Crippen molar-refractivity contribution in [3.63, 3.8) is 0 Å². The molecule has 0 aliphatic heterocycles. The summed E-state index contributed by atoms with van der Waals surface area (Å²) in [6.07, 6.45) is 1.78. The molecular weight excluding hydrogens is 304 g/mol. The van der Waals surface area contributed by atoms with Gasteiger partial charge in [0.2, 0.25) is 5.91 Å². The molecule has 1 amide bonds. The minimum Gasteiger partial charge on any atom is -0.394 e. The minimum atomic E-state index is -1.33. The second kappa shape index (κ2) is 6.07. The molecule has 6 heteroatoms. The van der Waals surface area contributed by atoms with Crippen LogP contribution < -0.4 is 11.1 Å². The zero-order chi connectivity index (χ0) is 17.3. The first-order valence-corrected chi connectivity index (χ1v) is 7.67. The maximum Gasteiger partial charge on any atom is 0.246 e. The van der Waals surface area contributed by atoms with Gasteiger partial charge in [-0.25, -0.2) is 4.68 Å². The molecule has 0 fully saturated rings. The lowest BCUT2D eigenvalue weighted by molar-refractivity contribution is -0.121. The second-order valence-corrected chi connectivity index (χ2v) is 6.20. The molecule has 1 unspecified atom stereocenters. The molecule has 124 valence electrons. The summed E-state index contributed by atoms with van der Waals surface area (Å²) in [5.74, 6) is -0.439. The molecule has 3 aromatic rings. The summed E-state index contributed by atoms with van der Waals surface area (Å²) in [6, 6.07) is 13.5. The van der Waals surface area contributed by atoms with Crippen molar-refractivity contribution in [3.8, 4) is 5.69 Å². The van der Waals surface area contributed by atoms with Crippen LogP contribution in [0.4, 0.5) is 5.69 Å². The highest BCUT2D eigenvalue weighted by molar-refractivity contribution is 5.99. The van der Waals surface area contributed by atoms with Crippen LogP contribution in [0.25, 0.3) is 16.6 Å². The van der Waals surface area contributed by atoms with Gasteiger partial charge in [0.15, 0.2) is 0 Å². The predicted molar refractivity (Wildman–Crippen MR) is 94.1 cm³/mol. The molecule has 0 saturated heterocycles. The van der Waals surface area contributed by atoms with E-state index < -0.39 is 18.1 Å². The van der Waals surface area contributed by atoms with Crippen LogP contribution in [0.1, 0.15) is 12.5 Å². The van der Waals surface area contributed by atoms with Crippen LogP contribution in [0, 0.1) is 6.92 Å². The van der Waals surface area contributed by atoms with Crippen molar-refractivity contribution in [2.45, 2.75) is 19.4 Å². The summed E-state index contributed by atoms with van der Waals surface area (Å²) in [5, 5.41) is 17.3. The Morgan fingerprint density at radius 3 is 2.83 bits per heavy atom. The van der Waals surface area contributed by atoms with Gasteiger partial charge in [-0.2, -0.15) is 5.10 Å². The van der Waals surface area contributed by atoms with Crippen LogP contribution in [-0.2, 0) is 4.79 Å². The van der Waals surface area contributed by atoms with Crippen LogP contribution in [0.15, 0.2) is 48.7 Å². The van der Waals surface area contributed by atoms with E-state index in [0.717, 1.165) is 22.2 Å². The van der Waals surface area contributed by atoms with Gasteiger partial charge >= 0.3 is 0 Å². The zero-order valence-corrected chi connectivity index (χ0v) is 13.7. The van der Waals surface area contributed by atoms with Crippen molar-refractivity contribution in [1.82, 2.24) is 9.78 Å². The molecule has 0 radical (unpaired) electrons. The molecule has 0 aliphatic carbocycles. The number of nitrogens with one attached hydrogen (secondary N) is 1. The Labute approximate surface area is 139 Å². The summed E-state index contributed by atoms with van der Waals surface area (Å²) in [7, 11) is 0. The van der Waals surface area contributed by atoms with Gasteiger partial charge in [0.25, 0.3) is 0 Å². The molecule has 2 aromatic carbocycles. The van der Waals surface area contributed by atoms with Crippen molar-refractivity contribution >= 4 is 22.5 Å². The number of anilines is 1. The Hall–Kier alpha value is -2.70. The smallest absolute Gasteiger partial charge is 0.246 e. The highest BCUT2D eigenvalue weighted by Gasteiger charge is 2.27. The van der Waals surface area contributed by atoms with E-state index in [0.29, 0.717) is 5.69 Å². The van der Waals surface area contributed by atoms with Gasteiger partial charge in [0, 0.05) is 11.1 Å². The Kier molecular flexibility index (Phi) is 4.09. The highest BCUT2D eigenvalue weighted by atomic mass is 16.3. The summed E-state index contributed by atoms with van der Waals surface area (Å²) >= 11 is 0. The van der Waals surface area contributed by atoms with Gasteiger partial charge in [0.1, 0.15) is 5.54 Å². The third kappa shape index (κ3) is 3.02. The Balaban J connectivity index is 1.99. The monoisotopic (exact) mass is 324 g/mol. The lowest BCUT2D eigenvalue weighted by Gasteiger charge is -2.20. The number of carbonyl (C=O) groups is 1. The van der Waals surface area contributed by atoms with E-state index in [1.165, 1.54) is 6.92 Å². The quantitative estimate of drug-likeness (QED) is 0.684. The summed E-state index contributed by atoms with van der Waals surface area (Å²) in [6.45, 7) is 3.08. The number of aliphatic hydroxyl groups excluding tert-OH is 1. The molecule has 0 saturated carbocycles. The van der Waals surface area contributed by atoms with Gasteiger partial charge in [-0.15, -0.1) is 0 Å². The first-order valence-electron chi connectivity index (χ1n) is 7.67. The molecule has 24 heavy (non-hydrogen) atoms. The highest BCUT2D eigenvalue weighted by Crippen LogP contribution is 2.23. The van der Waals surface area contributed by atoms with Crippen LogP contribution in [0.5, 0.6) is 0 Å². The van der Waals surface area contributed by atoms with Crippen molar-refractivity contribution < 1.29 is 9.90 Å². The van der Waals surface area contributed by atoms with E-state index in [1.54, 1.807) is 12.3 Å². The van der Waals surface area contributed by atoms with E-state index >= 15 is 0 Å². The number of aromatic nitrogens is 2. The molecule has 0 bridgehead atoms. The SMILES string of the molecule is Cc1cccc(-n2ncc3ccc(NC(=O)C(C)(N)CO)cc32)c1. The fourth-order valence-corrected chi connectivity index (χ4v) is 2.41. The zero-order valence-electron chi connectivity index (χ0n) is 13.7. The number of nitrogens with two attached hydrogens (primary N) is 1. The molecule has 6 nitrogen and oxygen atoms in total. The number of rotatable bonds is 4. The number of benzene rings is 2. The van der Waals surface area contributed by atoms with E-state index in [9.17, 15) is 9.90 Å². The van der Waals surface area contributed by atoms with Gasteiger partial charge in [-0.3, -0.25) is 4.79 Å². The first-order chi connectivity index (χ1) is 11.4. The molecule has 1 aromatic heterocycles.